The van der Waals surface area contributed by atoms with Crippen molar-refractivity contribution in [2.75, 3.05) is 6.54 Å². The van der Waals surface area contributed by atoms with E-state index in [1.54, 1.807) is 0 Å². The minimum atomic E-state index is -1.40. The van der Waals surface area contributed by atoms with Crippen LogP contribution in [0.5, 0.6) is 0 Å². The molecule has 0 aliphatic heterocycles. The van der Waals surface area contributed by atoms with Crippen LogP contribution in [0.25, 0.3) is 22.3 Å². The van der Waals surface area contributed by atoms with Crippen LogP contribution in [0.3, 0.4) is 0 Å². The largest absolute Gasteiger partial charge is 0.474 e. The van der Waals surface area contributed by atoms with Gasteiger partial charge in [0.2, 0.25) is 0 Å². The zero-order valence-corrected chi connectivity index (χ0v) is 22.2. The highest BCUT2D eigenvalue weighted by Crippen LogP contribution is 2.38. The van der Waals surface area contributed by atoms with Crippen molar-refractivity contribution in [1.82, 2.24) is 4.90 Å². The van der Waals surface area contributed by atoms with Gasteiger partial charge in [-0.25, -0.2) is 4.79 Å². The van der Waals surface area contributed by atoms with E-state index < -0.39 is 11.9 Å². The normalized spacial score (nSPS) is 14.5. The molecule has 198 valence electrons. The second kappa shape index (κ2) is 12.6. The Morgan fingerprint density at radius 2 is 1.26 bits per heavy atom. The predicted molar refractivity (Wildman–Crippen MR) is 156 cm³/mol. The number of hydrogen-bond donors (Lipinski definition) is 1. The lowest BCUT2D eigenvalue weighted by atomic mass is 9.76. The van der Waals surface area contributed by atoms with Crippen LogP contribution in [-0.2, 0) is 16.1 Å². The van der Waals surface area contributed by atoms with E-state index in [1.165, 1.54) is 40.9 Å². The molecule has 0 heterocycles. The van der Waals surface area contributed by atoms with Gasteiger partial charge in [0.05, 0.1) is 0 Å². The van der Waals surface area contributed by atoms with Crippen molar-refractivity contribution in [2.24, 2.45) is 5.92 Å². The molecule has 0 spiro atoms. The Labute approximate surface area is 230 Å². The van der Waals surface area contributed by atoms with Gasteiger partial charge in [-0.15, -0.1) is 0 Å². The molecule has 1 fully saturated rings. The van der Waals surface area contributed by atoms with Gasteiger partial charge in [0, 0.05) is 19.0 Å². The molecule has 39 heavy (non-hydrogen) atoms. The van der Waals surface area contributed by atoms with E-state index in [2.05, 4.69) is 72.8 Å². The third-order valence-corrected chi connectivity index (χ3v) is 7.96. The summed E-state index contributed by atoms with van der Waals surface area (Å²) in [5.41, 5.74) is 6.77. The highest BCUT2D eigenvalue weighted by Gasteiger charge is 2.31. The van der Waals surface area contributed by atoms with E-state index in [4.69, 9.17) is 0 Å². The number of hydrogen-bond acceptors (Lipinski definition) is 2. The van der Waals surface area contributed by atoms with Gasteiger partial charge in [-0.05, 0) is 58.2 Å². The monoisotopic (exact) mass is 517 g/mol. The molecule has 0 bridgehead atoms. The van der Waals surface area contributed by atoms with E-state index >= 15 is 0 Å². The molecule has 1 aliphatic carbocycles. The second-order valence-corrected chi connectivity index (χ2v) is 10.5. The first-order valence-electron chi connectivity index (χ1n) is 13.9. The smallest absolute Gasteiger partial charge is 0.394 e. The van der Waals surface area contributed by atoms with E-state index in [1.807, 2.05) is 36.4 Å². The molecule has 1 saturated carbocycles. The van der Waals surface area contributed by atoms with Crippen molar-refractivity contribution in [1.29, 1.82) is 0 Å². The number of amides is 1. The molecule has 0 aromatic heterocycles. The molecular formula is C35H35NO3. The molecule has 4 aromatic rings. The van der Waals surface area contributed by atoms with Gasteiger partial charge in [0.15, 0.2) is 0 Å². The maximum Gasteiger partial charge on any atom is 0.394 e. The summed E-state index contributed by atoms with van der Waals surface area (Å²) >= 11 is 0. The Hall–Kier alpha value is -4.18. The summed E-state index contributed by atoms with van der Waals surface area (Å²) in [6.45, 7) is 0.688. The average Bonchev–Trinajstić information content (AvgIpc) is 3.00. The standard InChI is InChI=1S/C35H35NO3/c37-34(35(38)39)36(24-26-11-4-1-5-12-26)25-33(29-15-8-3-9-16-29)30-21-19-28(20-22-30)32-18-10-17-31(23-32)27-13-6-2-7-14-27/h1-2,4-7,10-14,17-23,29,33H,3,8-9,15-16,24-25H2,(H,38,39). The van der Waals surface area contributed by atoms with Gasteiger partial charge in [-0.3, -0.25) is 4.79 Å². The summed E-state index contributed by atoms with van der Waals surface area (Å²) in [4.78, 5) is 26.1. The van der Waals surface area contributed by atoms with Crippen LogP contribution in [0.4, 0.5) is 0 Å². The molecule has 1 unspecified atom stereocenters. The van der Waals surface area contributed by atoms with Crippen LogP contribution < -0.4 is 0 Å². The maximum atomic E-state index is 12.8. The summed E-state index contributed by atoms with van der Waals surface area (Å²) in [5, 5.41) is 9.60. The molecule has 1 amide bonds. The Morgan fingerprint density at radius 1 is 0.692 bits per heavy atom. The van der Waals surface area contributed by atoms with Gasteiger partial charge in [-0.2, -0.15) is 0 Å². The Morgan fingerprint density at radius 3 is 1.87 bits per heavy atom. The number of nitrogens with zero attached hydrogens (tertiary/aromatic N) is 1. The first kappa shape index (κ1) is 26.4. The number of rotatable bonds is 8. The fraction of sp³-hybridized carbons (Fsp3) is 0.257. The fourth-order valence-corrected chi connectivity index (χ4v) is 5.89. The molecule has 4 nitrogen and oxygen atoms in total. The average molecular weight is 518 g/mol. The molecule has 0 radical (unpaired) electrons. The van der Waals surface area contributed by atoms with Crippen LogP contribution in [0.15, 0.2) is 109 Å². The van der Waals surface area contributed by atoms with E-state index in [9.17, 15) is 14.7 Å². The minimum Gasteiger partial charge on any atom is -0.474 e. The SMILES string of the molecule is O=C(O)C(=O)N(Cc1ccccc1)CC(c1ccc(-c2cccc(-c3ccccc3)c2)cc1)C1CCCCC1. The van der Waals surface area contributed by atoms with E-state index in [0.29, 0.717) is 19.0 Å². The quantitative estimate of drug-likeness (QED) is 0.243. The van der Waals surface area contributed by atoms with E-state index in [0.717, 1.165) is 29.5 Å². The summed E-state index contributed by atoms with van der Waals surface area (Å²) in [5.74, 6) is -1.73. The van der Waals surface area contributed by atoms with Crippen LogP contribution in [0, 0.1) is 5.92 Å². The second-order valence-electron chi connectivity index (χ2n) is 10.5. The van der Waals surface area contributed by atoms with Crippen LogP contribution in [-0.4, -0.2) is 28.4 Å². The molecule has 4 aromatic carbocycles. The number of benzene rings is 4. The van der Waals surface area contributed by atoms with Crippen molar-refractivity contribution in [3.63, 3.8) is 0 Å². The minimum absolute atomic E-state index is 0.0852. The van der Waals surface area contributed by atoms with Gasteiger partial charge in [-0.1, -0.05) is 122 Å². The number of carboxylic acid groups (broad SMARTS) is 1. The van der Waals surface area contributed by atoms with Crippen LogP contribution >= 0.6 is 0 Å². The van der Waals surface area contributed by atoms with Crippen LogP contribution in [0.2, 0.25) is 0 Å². The van der Waals surface area contributed by atoms with Crippen molar-refractivity contribution in [2.45, 2.75) is 44.6 Å². The number of carbonyl (C=O) groups excluding carboxylic acids is 1. The molecule has 4 heteroatoms. The summed E-state index contributed by atoms with van der Waals surface area (Å²) < 4.78 is 0. The van der Waals surface area contributed by atoms with Crippen LogP contribution in [0.1, 0.15) is 49.1 Å². The molecule has 5 rings (SSSR count). The Bertz CT molecular complexity index is 1380. The summed E-state index contributed by atoms with van der Waals surface area (Å²) in [7, 11) is 0. The first-order chi connectivity index (χ1) is 19.1. The summed E-state index contributed by atoms with van der Waals surface area (Å²) in [6.07, 6.45) is 5.80. The highest BCUT2D eigenvalue weighted by molar-refractivity contribution is 6.31. The fourth-order valence-electron chi connectivity index (χ4n) is 5.89. The first-order valence-corrected chi connectivity index (χ1v) is 13.9. The van der Waals surface area contributed by atoms with Crippen molar-refractivity contribution in [3.05, 3.63) is 120 Å². The number of carboxylic acids is 1. The lowest BCUT2D eigenvalue weighted by Gasteiger charge is -2.34. The Balaban J connectivity index is 1.43. The van der Waals surface area contributed by atoms with Crippen molar-refractivity contribution in [3.8, 4) is 22.3 Å². The lowest BCUT2D eigenvalue weighted by molar-refractivity contribution is -0.156. The van der Waals surface area contributed by atoms with Crippen molar-refractivity contribution < 1.29 is 14.7 Å². The van der Waals surface area contributed by atoms with Gasteiger partial charge < -0.3 is 10.0 Å². The van der Waals surface area contributed by atoms with Crippen molar-refractivity contribution >= 4 is 11.9 Å². The third kappa shape index (κ3) is 6.64. The predicted octanol–water partition coefficient (Wildman–Crippen LogP) is 7.80. The summed E-state index contributed by atoms with van der Waals surface area (Å²) in [6, 6.07) is 37.3. The zero-order valence-electron chi connectivity index (χ0n) is 22.2. The maximum absolute atomic E-state index is 12.8. The molecular weight excluding hydrogens is 482 g/mol. The zero-order chi connectivity index (χ0) is 27.0. The van der Waals surface area contributed by atoms with Gasteiger partial charge >= 0.3 is 11.9 Å². The topological polar surface area (TPSA) is 57.6 Å². The number of aliphatic carboxylic acids is 1. The number of carbonyl (C=O) groups is 2. The van der Waals surface area contributed by atoms with E-state index in [-0.39, 0.29) is 5.92 Å². The molecule has 0 saturated heterocycles. The molecule has 1 atom stereocenters. The Kier molecular flexibility index (Phi) is 8.52. The third-order valence-electron chi connectivity index (χ3n) is 7.96. The van der Waals surface area contributed by atoms with Gasteiger partial charge in [0.1, 0.15) is 0 Å². The molecule has 1 N–H and O–H groups in total. The molecule has 1 aliphatic rings. The highest BCUT2D eigenvalue weighted by atomic mass is 16.4. The van der Waals surface area contributed by atoms with Gasteiger partial charge in [0.25, 0.3) is 0 Å². The lowest BCUT2D eigenvalue weighted by Crippen LogP contribution is -2.40.